The summed E-state index contributed by atoms with van der Waals surface area (Å²) in [5.41, 5.74) is 1.92. The van der Waals surface area contributed by atoms with Crippen molar-refractivity contribution in [3.63, 3.8) is 0 Å². The first-order valence-electron chi connectivity index (χ1n) is 8.14. The van der Waals surface area contributed by atoms with Crippen LogP contribution in [0.25, 0.3) is 0 Å². The van der Waals surface area contributed by atoms with Crippen LogP contribution in [-0.2, 0) is 4.79 Å². The summed E-state index contributed by atoms with van der Waals surface area (Å²) >= 11 is 0. The highest BCUT2D eigenvalue weighted by Crippen LogP contribution is 2.34. The highest BCUT2D eigenvalue weighted by molar-refractivity contribution is 5.99. The second kappa shape index (κ2) is 6.60. The third kappa shape index (κ3) is 3.33. The molecular formula is C18H25NO4. The van der Waals surface area contributed by atoms with Gasteiger partial charge >= 0.3 is 5.97 Å². The van der Waals surface area contributed by atoms with Gasteiger partial charge in [-0.2, -0.15) is 0 Å². The molecule has 2 N–H and O–H groups in total. The second-order valence-corrected chi connectivity index (χ2v) is 6.81. The highest BCUT2D eigenvalue weighted by Gasteiger charge is 2.35. The zero-order chi connectivity index (χ0) is 17.3. The number of benzene rings is 1. The molecular weight excluding hydrogens is 294 g/mol. The van der Waals surface area contributed by atoms with Crippen molar-refractivity contribution in [3.8, 4) is 5.75 Å². The number of aromatic hydroxyl groups is 1. The molecule has 1 saturated heterocycles. The van der Waals surface area contributed by atoms with Crippen LogP contribution in [0, 0.1) is 0 Å². The van der Waals surface area contributed by atoms with Gasteiger partial charge in [0.05, 0.1) is 5.56 Å². The van der Waals surface area contributed by atoms with Crippen LogP contribution in [0.2, 0.25) is 0 Å². The lowest BCUT2D eigenvalue weighted by atomic mass is 9.91. The smallest absolute Gasteiger partial charge is 0.326 e. The Kier molecular flexibility index (Phi) is 4.97. The number of nitrogens with zero attached hydrogens (tertiary/aromatic N) is 1. The predicted molar refractivity (Wildman–Crippen MR) is 88.0 cm³/mol. The zero-order valence-electron chi connectivity index (χ0n) is 14.2. The number of hydrogen-bond acceptors (Lipinski definition) is 3. The number of rotatable bonds is 4. The summed E-state index contributed by atoms with van der Waals surface area (Å²) in [7, 11) is 0. The molecule has 5 nitrogen and oxygen atoms in total. The van der Waals surface area contributed by atoms with Crippen molar-refractivity contribution < 1.29 is 19.8 Å². The van der Waals surface area contributed by atoms with Crippen LogP contribution < -0.4 is 0 Å². The average Bonchev–Trinajstić information content (AvgIpc) is 2.95. The topological polar surface area (TPSA) is 77.8 Å². The highest BCUT2D eigenvalue weighted by atomic mass is 16.4. The van der Waals surface area contributed by atoms with Gasteiger partial charge in [-0.25, -0.2) is 4.79 Å². The number of phenolic OH excluding ortho intramolecular Hbond substituents is 1. The van der Waals surface area contributed by atoms with E-state index in [0.717, 1.165) is 11.1 Å². The molecule has 1 fully saturated rings. The quantitative estimate of drug-likeness (QED) is 0.892. The minimum Gasteiger partial charge on any atom is -0.507 e. The molecule has 0 aromatic heterocycles. The third-order valence-electron chi connectivity index (χ3n) is 4.48. The van der Waals surface area contributed by atoms with E-state index in [9.17, 15) is 19.8 Å². The minimum atomic E-state index is -0.987. The van der Waals surface area contributed by atoms with Gasteiger partial charge in [-0.1, -0.05) is 33.8 Å². The molecule has 0 radical (unpaired) electrons. The Morgan fingerprint density at radius 1 is 1.17 bits per heavy atom. The Bertz CT molecular complexity index is 622. The largest absolute Gasteiger partial charge is 0.507 e. The lowest BCUT2D eigenvalue weighted by Crippen LogP contribution is -2.40. The molecule has 0 bridgehead atoms. The van der Waals surface area contributed by atoms with E-state index < -0.39 is 17.9 Å². The first-order chi connectivity index (χ1) is 10.7. The van der Waals surface area contributed by atoms with Crippen LogP contribution in [0.15, 0.2) is 12.1 Å². The van der Waals surface area contributed by atoms with Crippen LogP contribution in [0.5, 0.6) is 5.75 Å². The second-order valence-electron chi connectivity index (χ2n) is 6.81. The fraction of sp³-hybridized carbons (Fsp3) is 0.556. The van der Waals surface area contributed by atoms with Gasteiger partial charge in [0.2, 0.25) is 0 Å². The van der Waals surface area contributed by atoms with E-state index in [-0.39, 0.29) is 23.1 Å². The number of carboxylic acids is 1. The Hall–Kier alpha value is -2.04. The van der Waals surface area contributed by atoms with Crippen molar-refractivity contribution in [2.75, 3.05) is 6.54 Å². The standard InChI is InChI=1S/C18H25NO4/c1-10(2)12-8-13(11(3)4)16(20)14(9-12)17(21)19-7-5-6-15(19)18(22)23/h8-11,15,20H,5-7H2,1-4H3,(H,22,23). The molecule has 1 aromatic carbocycles. The van der Waals surface area contributed by atoms with E-state index >= 15 is 0 Å². The molecule has 1 aromatic rings. The molecule has 0 aliphatic carbocycles. The van der Waals surface area contributed by atoms with Crippen LogP contribution in [0.1, 0.15) is 73.9 Å². The van der Waals surface area contributed by atoms with Crippen LogP contribution >= 0.6 is 0 Å². The number of aliphatic carboxylic acids is 1. The summed E-state index contributed by atoms with van der Waals surface area (Å²) in [5, 5.41) is 19.8. The maximum atomic E-state index is 12.8. The zero-order valence-corrected chi connectivity index (χ0v) is 14.2. The van der Waals surface area contributed by atoms with Crippen molar-refractivity contribution in [3.05, 3.63) is 28.8 Å². The van der Waals surface area contributed by atoms with Gasteiger partial charge in [-0.05, 0) is 41.9 Å². The summed E-state index contributed by atoms with van der Waals surface area (Å²) < 4.78 is 0. The molecule has 126 valence electrons. The SMILES string of the molecule is CC(C)c1cc(C(=O)N2CCCC2C(=O)O)c(O)c(C(C)C)c1. The molecule has 1 aliphatic heterocycles. The molecule has 23 heavy (non-hydrogen) atoms. The maximum absolute atomic E-state index is 12.8. The predicted octanol–water partition coefficient (Wildman–Crippen LogP) is 3.33. The number of amides is 1. The van der Waals surface area contributed by atoms with E-state index in [1.807, 2.05) is 33.8 Å². The number of carbonyl (C=O) groups excluding carboxylic acids is 1. The van der Waals surface area contributed by atoms with E-state index in [1.165, 1.54) is 4.90 Å². The Labute approximate surface area is 136 Å². The van der Waals surface area contributed by atoms with E-state index in [0.29, 0.717) is 19.4 Å². The summed E-state index contributed by atoms with van der Waals surface area (Å²) in [6.07, 6.45) is 1.13. The van der Waals surface area contributed by atoms with Crippen molar-refractivity contribution in [1.82, 2.24) is 4.90 Å². The summed E-state index contributed by atoms with van der Waals surface area (Å²) in [6.45, 7) is 8.39. The lowest BCUT2D eigenvalue weighted by molar-refractivity contribution is -0.141. The van der Waals surface area contributed by atoms with E-state index in [2.05, 4.69) is 0 Å². The van der Waals surface area contributed by atoms with Gasteiger partial charge < -0.3 is 15.1 Å². The van der Waals surface area contributed by atoms with Gasteiger partial charge in [0.25, 0.3) is 5.91 Å². The molecule has 5 heteroatoms. The fourth-order valence-corrected chi connectivity index (χ4v) is 3.04. The van der Waals surface area contributed by atoms with Gasteiger partial charge in [-0.15, -0.1) is 0 Å². The summed E-state index contributed by atoms with van der Waals surface area (Å²) in [5.74, 6) is -1.11. The average molecular weight is 319 g/mol. The molecule has 1 atom stereocenters. The Balaban J connectivity index is 2.49. The molecule has 0 saturated carbocycles. The van der Waals surface area contributed by atoms with Crippen LogP contribution in [0.3, 0.4) is 0 Å². The molecule has 0 spiro atoms. The van der Waals surface area contributed by atoms with Gasteiger partial charge in [0.1, 0.15) is 11.8 Å². The first-order valence-corrected chi connectivity index (χ1v) is 8.14. The number of carbonyl (C=O) groups is 2. The van der Waals surface area contributed by atoms with Gasteiger partial charge in [-0.3, -0.25) is 4.79 Å². The maximum Gasteiger partial charge on any atom is 0.326 e. The molecule has 1 aliphatic rings. The molecule has 1 amide bonds. The van der Waals surface area contributed by atoms with Gasteiger partial charge in [0.15, 0.2) is 0 Å². The number of phenols is 1. The Morgan fingerprint density at radius 2 is 1.83 bits per heavy atom. The summed E-state index contributed by atoms with van der Waals surface area (Å²) in [4.78, 5) is 25.5. The normalized spacial score (nSPS) is 18.0. The van der Waals surface area contributed by atoms with Gasteiger partial charge in [0, 0.05) is 6.54 Å². The van der Waals surface area contributed by atoms with Crippen LogP contribution in [-0.4, -0.2) is 39.6 Å². The molecule has 1 heterocycles. The van der Waals surface area contributed by atoms with Crippen LogP contribution in [0.4, 0.5) is 0 Å². The third-order valence-corrected chi connectivity index (χ3v) is 4.48. The van der Waals surface area contributed by atoms with E-state index in [1.54, 1.807) is 6.07 Å². The number of likely N-dealkylation sites (tertiary alicyclic amines) is 1. The molecule has 2 rings (SSSR count). The first kappa shape index (κ1) is 17.3. The monoisotopic (exact) mass is 319 g/mol. The Morgan fingerprint density at radius 3 is 2.35 bits per heavy atom. The minimum absolute atomic E-state index is 0.0227. The summed E-state index contributed by atoms with van der Waals surface area (Å²) in [6, 6.07) is 2.83. The van der Waals surface area contributed by atoms with E-state index in [4.69, 9.17) is 0 Å². The van der Waals surface area contributed by atoms with Crippen molar-refractivity contribution in [1.29, 1.82) is 0 Å². The number of carboxylic acid groups (broad SMARTS) is 1. The van der Waals surface area contributed by atoms with Crippen molar-refractivity contribution in [2.45, 2.75) is 58.4 Å². The van der Waals surface area contributed by atoms with Crippen molar-refractivity contribution in [2.24, 2.45) is 0 Å². The lowest BCUT2D eigenvalue weighted by Gasteiger charge is -2.24. The molecule has 1 unspecified atom stereocenters. The van der Waals surface area contributed by atoms with Crippen molar-refractivity contribution >= 4 is 11.9 Å². The number of hydrogen-bond donors (Lipinski definition) is 2. The fourth-order valence-electron chi connectivity index (χ4n) is 3.04.